The van der Waals surface area contributed by atoms with Crippen molar-refractivity contribution in [3.05, 3.63) is 12.2 Å². The molecular weight excluding hydrogens is 180 g/mol. The largest absolute Gasteiger partial charge is 0.393 e. The van der Waals surface area contributed by atoms with E-state index in [2.05, 4.69) is 6.58 Å². The molecular formula is C11H22O3. The lowest BCUT2D eigenvalue weighted by atomic mass is 10.1. The average Bonchev–Trinajstić information content (AvgIpc) is 2.17. The van der Waals surface area contributed by atoms with Crippen LogP contribution in [0.25, 0.3) is 0 Å². The van der Waals surface area contributed by atoms with Crippen LogP contribution in [0.5, 0.6) is 0 Å². The number of rotatable bonds is 9. The summed E-state index contributed by atoms with van der Waals surface area (Å²) in [5.74, 6) is 0. The van der Waals surface area contributed by atoms with Gasteiger partial charge in [-0.3, -0.25) is 0 Å². The fourth-order valence-corrected chi connectivity index (χ4v) is 1.04. The molecule has 1 atom stereocenters. The van der Waals surface area contributed by atoms with Crippen LogP contribution in [-0.4, -0.2) is 38.1 Å². The van der Waals surface area contributed by atoms with Crippen LogP contribution in [0.15, 0.2) is 12.2 Å². The van der Waals surface area contributed by atoms with E-state index >= 15 is 0 Å². The fraction of sp³-hybridized carbons (Fsp3) is 0.818. The number of aliphatic hydroxyl groups is 1. The van der Waals surface area contributed by atoms with Crippen LogP contribution in [0.4, 0.5) is 0 Å². The van der Waals surface area contributed by atoms with Gasteiger partial charge in [-0.15, -0.1) is 0 Å². The molecule has 0 bridgehead atoms. The van der Waals surface area contributed by atoms with E-state index in [1.54, 1.807) is 7.11 Å². The van der Waals surface area contributed by atoms with Gasteiger partial charge < -0.3 is 14.6 Å². The zero-order chi connectivity index (χ0) is 10.8. The Hall–Kier alpha value is -0.380. The van der Waals surface area contributed by atoms with Crippen LogP contribution >= 0.6 is 0 Å². The maximum absolute atomic E-state index is 9.54. The number of hydrogen-bond donors (Lipinski definition) is 1. The van der Waals surface area contributed by atoms with Crippen molar-refractivity contribution in [1.82, 2.24) is 0 Å². The van der Waals surface area contributed by atoms with Crippen molar-refractivity contribution in [3.8, 4) is 0 Å². The van der Waals surface area contributed by atoms with Gasteiger partial charge in [0.1, 0.15) is 0 Å². The second kappa shape index (κ2) is 9.19. The van der Waals surface area contributed by atoms with E-state index in [9.17, 15) is 5.11 Å². The third-order valence-corrected chi connectivity index (χ3v) is 2.05. The summed E-state index contributed by atoms with van der Waals surface area (Å²) in [4.78, 5) is 0. The van der Waals surface area contributed by atoms with Gasteiger partial charge in [0.05, 0.1) is 19.3 Å². The molecule has 1 N–H and O–H groups in total. The van der Waals surface area contributed by atoms with Crippen LogP contribution in [0, 0.1) is 0 Å². The predicted molar refractivity (Wildman–Crippen MR) is 57.4 cm³/mol. The zero-order valence-electron chi connectivity index (χ0n) is 9.29. The lowest BCUT2D eigenvalue weighted by molar-refractivity contribution is 0.0478. The summed E-state index contributed by atoms with van der Waals surface area (Å²) in [6.45, 7) is 7.68. The highest BCUT2D eigenvalue weighted by atomic mass is 16.5. The topological polar surface area (TPSA) is 38.7 Å². The molecule has 0 rings (SSSR count). The summed E-state index contributed by atoms with van der Waals surface area (Å²) in [5, 5.41) is 9.54. The predicted octanol–water partition coefficient (Wildman–Crippen LogP) is 1.76. The van der Waals surface area contributed by atoms with Crippen molar-refractivity contribution in [2.24, 2.45) is 0 Å². The summed E-state index contributed by atoms with van der Waals surface area (Å²) in [7, 11) is 1.64. The molecule has 0 aliphatic heterocycles. The van der Waals surface area contributed by atoms with Crippen molar-refractivity contribution in [2.75, 3.05) is 26.9 Å². The average molecular weight is 202 g/mol. The molecule has 0 aromatic carbocycles. The third kappa shape index (κ3) is 8.23. The molecule has 0 heterocycles. The minimum atomic E-state index is -0.315. The summed E-state index contributed by atoms with van der Waals surface area (Å²) in [6.07, 6.45) is 1.97. The Morgan fingerprint density at radius 3 is 2.64 bits per heavy atom. The fourth-order valence-electron chi connectivity index (χ4n) is 1.04. The van der Waals surface area contributed by atoms with Gasteiger partial charge in [-0.1, -0.05) is 19.1 Å². The SMILES string of the molecule is C=C(CC)CC(O)CCOCCOC. The van der Waals surface area contributed by atoms with Crippen LogP contribution < -0.4 is 0 Å². The van der Waals surface area contributed by atoms with Gasteiger partial charge in [0.15, 0.2) is 0 Å². The second-order valence-electron chi connectivity index (χ2n) is 3.36. The van der Waals surface area contributed by atoms with Gasteiger partial charge >= 0.3 is 0 Å². The molecule has 0 aliphatic carbocycles. The van der Waals surface area contributed by atoms with E-state index in [4.69, 9.17) is 9.47 Å². The highest BCUT2D eigenvalue weighted by molar-refractivity contribution is 4.94. The van der Waals surface area contributed by atoms with Crippen LogP contribution in [-0.2, 0) is 9.47 Å². The van der Waals surface area contributed by atoms with Gasteiger partial charge in [0, 0.05) is 13.7 Å². The van der Waals surface area contributed by atoms with E-state index in [0.717, 1.165) is 12.0 Å². The number of hydrogen-bond acceptors (Lipinski definition) is 3. The first-order valence-electron chi connectivity index (χ1n) is 5.12. The quantitative estimate of drug-likeness (QED) is 0.457. The second-order valence-corrected chi connectivity index (χ2v) is 3.36. The molecule has 0 spiro atoms. The summed E-state index contributed by atoms with van der Waals surface area (Å²) in [6, 6.07) is 0. The molecule has 0 saturated carbocycles. The Labute approximate surface area is 86.7 Å². The van der Waals surface area contributed by atoms with Gasteiger partial charge in [0.25, 0.3) is 0 Å². The molecule has 14 heavy (non-hydrogen) atoms. The lowest BCUT2D eigenvalue weighted by Gasteiger charge is -2.11. The van der Waals surface area contributed by atoms with Crippen LogP contribution in [0.1, 0.15) is 26.2 Å². The summed E-state index contributed by atoms with van der Waals surface area (Å²) < 4.78 is 10.1. The van der Waals surface area contributed by atoms with E-state index in [1.807, 2.05) is 6.92 Å². The van der Waals surface area contributed by atoms with Crippen molar-refractivity contribution >= 4 is 0 Å². The Morgan fingerprint density at radius 2 is 2.07 bits per heavy atom. The molecule has 0 radical (unpaired) electrons. The van der Waals surface area contributed by atoms with E-state index in [-0.39, 0.29) is 6.10 Å². The minimum absolute atomic E-state index is 0.315. The Balaban J connectivity index is 3.26. The standard InChI is InChI=1S/C11H22O3/c1-4-10(2)9-11(12)5-6-14-8-7-13-3/h11-12H,2,4-9H2,1,3H3. The molecule has 84 valence electrons. The molecule has 0 amide bonds. The monoisotopic (exact) mass is 202 g/mol. The van der Waals surface area contributed by atoms with Gasteiger partial charge in [-0.05, 0) is 19.3 Å². The normalized spacial score (nSPS) is 12.8. The lowest BCUT2D eigenvalue weighted by Crippen LogP contribution is -2.12. The first kappa shape index (κ1) is 13.6. The summed E-state index contributed by atoms with van der Waals surface area (Å²) >= 11 is 0. The van der Waals surface area contributed by atoms with Crippen molar-refractivity contribution in [3.63, 3.8) is 0 Å². The first-order valence-corrected chi connectivity index (χ1v) is 5.12. The zero-order valence-corrected chi connectivity index (χ0v) is 9.29. The van der Waals surface area contributed by atoms with Crippen molar-refractivity contribution < 1.29 is 14.6 Å². The number of methoxy groups -OCH3 is 1. The Morgan fingerprint density at radius 1 is 1.36 bits per heavy atom. The van der Waals surface area contributed by atoms with Crippen LogP contribution in [0.2, 0.25) is 0 Å². The summed E-state index contributed by atoms with van der Waals surface area (Å²) in [5.41, 5.74) is 1.09. The van der Waals surface area contributed by atoms with E-state index in [1.165, 1.54) is 0 Å². The van der Waals surface area contributed by atoms with Gasteiger partial charge in [-0.2, -0.15) is 0 Å². The maximum atomic E-state index is 9.54. The van der Waals surface area contributed by atoms with E-state index in [0.29, 0.717) is 32.7 Å². The highest BCUT2D eigenvalue weighted by Gasteiger charge is 2.04. The van der Waals surface area contributed by atoms with E-state index < -0.39 is 0 Å². The smallest absolute Gasteiger partial charge is 0.0700 e. The number of ether oxygens (including phenoxy) is 2. The third-order valence-electron chi connectivity index (χ3n) is 2.05. The van der Waals surface area contributed by atoms with Crippen LogP contribution in [0.3, 0.4) is 0 Å². The Kier molecular flexibility index (Phi) is 8.94. The molecule has 1 unspecified atom stereocenters. The maximum Gasteiger partial charge on any atom is 0.0700 e. The molecule has 3 nitrogen and oxygen atoms in total. The van der Waals surface area contributed by atoms with Crippen molar-refractivity contribution in [1.29, 1.82) is 0 Å². The van der Waals surface area contributed by atoms with Gasteiger partial charge in [-0.25, -0.2) is 0 Å². The van der Waals surface area contributed by atoms with Crippen molar-refractivity contribution in [2.45, 2.75) is 32.3 Å². The highest BCUT2D eigenvalue weighted by Crippen LogP contribution is 2.09. The minimum Gasteiger partial charge on any atom is -0.393 e. The Bertz CT molecular complexity index is 145. The molecule has 0 fully saturated rings. The van der Waals surface area contributed by atoms with Gasteiger partial charge in [0.2, 0.25) is 0 Å². The molecule has 0 aromatic rings. The molecule has 0 saturated heterocycles. The molecule has 0 aliphatic rings. The first-order chi connectivity index (χ1) is 6.70. The molecule has 0 aromatic heterocycles. The molecule has 3 heteroatoms. The number of aliphatic hydroxyl groups excluding tert-OH is 1.